The van der Waals surface area contributed by atoms with Gasteiger partial charge in [0.25, 0.3) is 11.5 Å². The van der Waals surface area contributed by atoms with E-state index in [1.54, 1.807) is 6.20 Å². The van der Waals surface area contributed by atoms with Gasteiger partial charge in [0, 0.05) is 64.8 Å². The summed E-state index contributed by atoms with van der Waals surface area (Å²) in [6, 6.07) is 5.86. The van der Waals surface area contributed by atoms with E-state index in [-0.39, 0.29) is 5.56 Å². The van der Waals surface area contributed by atoms with Crippen LogP contribution in [0.5, 0.6) is 0 Å². The second kappa shape index (κ2) is 9.68. The number of piperazine rings is 1. The first-order chi connectivity index (χ1) is 14.7. The summed E-state index contributed by atoms with van der Waals surface area (Å²) in [6.45, 7) is 7.36. The Kier molecular flexibility index (Phi) is 6.55. The molecule has 1 amide bonds. The van der Waals surface area contributed by atoms with Crippen molar-refractivity contribution in [2.24, 2.45) is 0 Å². The van der Waals surface area contributed by atoms with E-state index in [0.717, 1.165) is 51.8 Å². The Morgan fingerprint density at radius 2 is 1.83 bits per heavy atom. The number of amides is 1. The van der Waals surface area contributed by atoms with E-state index in [2.05, 4.69) is 30.1 Å². The van der Waals surface area contributed by atoms with Gasteiger partial charge in [-0.2, -0.15) is 0 Å². The molecule has 0 unspecified atom stereocenters. The first kappa shape index (κ1) is 20.3. The molecule has 2 aromatic rings. The molecule has 0 aromatic carbocycles. The molecule has 2 N–H and O–H groups in total. The van der Waals surface area contributed by atoms with Crippen LogP contribution in [-0.2, 0) is 4.74 Å². The van der Waals surface area contributed by atoms with E-state index >= 15 is 0 Å². The Morgan fingerprint density at radius 3 is 2.53 bits per heavy atom. The van der Waals surface area contributed by atoms with Crippen molar-refractivity contribution in [3.05, 3.63) is 46.5 Å². The third kappa shape index (κ3) is 4.95. The summed E-state index contributed by atoms with van der Waals surface area (Å²) < 4.78 is 5.31. The molecule has 10 nitrogen and oxygen atoms in total. The average molecular weight is 413 g/mol. The van der Waals surface area contributed by atoms with E-state index < -0.39 is 11.5 Å². The van der Waals surface area contributed by atoms with Crippen molar-refractivity contribution in [3.63, 3.8) is 0 Å². The maximum absolute atomic E-state index is 12.4. The molecular weight excluding hydrogens is 386 g/mol. The van der Waals surface area contributed by atoms with Crippen LogP contribution in [0.15, 0.2) is 35.4 Å². The highest BCUT2D eigenvalue weighted by Crippen LogP contribution is 2.15. The van der Waals surface area contributed by atoms with Gasteiger partial charge in [0.1, 0.15) is 11.4 Å². The van der Waals surface area contributed by atoms with Crippen LogP contribution in [0.1, 0.15) is 10.4 Å². The molecule has 30 heavy (non-hydrogen) atoms. The fourth-order valence-electron chi connectivity index (χ4n) is 3.64. The number of aromatic nitrogens is 3. The SMILES string of the molecule is O=C(NCCN1CCOCC1)c1cnc(N2CCN(c3ccccn3)CC2)[nH]c1=O. The van der Waals surface area contributed by atoms with Crippen molar-refractivity contribution in [3.8, 4) is 0 Å². The monoisotopic (exact) mass is 413 g/mol. The van der Waals surface area contributed by atoms with Crippen molar-refractivity contribution in [2.45, 2.75) is 0 Å². The zero-order chi connectivity index (χ0) is 20.8. The molecule has 4 rings (SSSR count). The number of H-pyrrole nitrogens is 1. The highest BCUT2D eigenvalue weighted by Gasteiger charge is 2.21. The van der Waals surface area contributed by atoms with Gasteiger partial charge < -0.3 is 19.9 Å². The lowest BCUT2D eigenvalue weighted by molar-refractivity contribution is 0.0383. The topological polar surface area (TPSA) is 107 Å². The van der Waals surface area contributed by atoms with Crippen LogP contribution in [0.3, 0.4) is 0 Å². The van der Waals surface area contributed by atoms with Crippen LogP contribution >= 0.6 is 0 Å². The molecule has 0 atom stereocenters. The van der Waals surface area contributed by atoms with Gasteiger partial charge in [0.05, 0.1) is 13.2 Å². The summed E-state index contributed by atoms with van der Waals surface area (Å²) in [7, 11) is 0. The van der Waals surface area contributed by atoms with E-state index in [9.17, 15) is 9.59 Å². The third-order valence-electron chi connectivity index (χ3n) is 5.40. The Bertz CT molecular complexity index is 891. The molecule has 2 saturated heterocycles. The van der Waals surface area contributed by atoms with Crippen LogP contribution in [0, 0.1) is 0 Å². The molecule has 2 aromatic heterocycles. The molecular formula is C20H27N7O3. The van der Waals surface area contributed by atoms with E-state index in [0.29, 0.717) is 25.6 Å². The predicted molar refractivity (Wildman–Crippen MR) is 113 cm³/mol. The molecule has 160 valence electrons. The quantitative estimate of drug-likeness (QED) is 0.656. The van der Waals surface area contributed by atoms with Gasteiger partial charge in [-0.05, 0) is 12.1 Å². The maximum Gasteiger partial charge on any atom is 0.265 e. The molecule has 0 radical (unpaired) electrons. The van der Waals surface area contributed by atoms with Gasteiger partial charge in [0.15, 0.2) is 0 Å². The lowest BCUT2D eigenvalue weighted by Gasteiger charge is -2.35. The summed E-state index contributed by atoms with van der Waals surface area (Å²) in [5.74, 6) is 1.04. The fourth-order valence-corrected chi connectivity index (χ4v) is 3.64. The number of hydrogen-bond acceptors (Lipinski definition) is 8. The van der Waals surface area contributed by atoms with Crippen molar-refractivity contribution >= 4 is 17.7 Å². The van der Waals surface area contributed by atoms with E-state index in [1.165, 1.54) is 6.20 Å². The van der Waals surface area contributed by atoms with Gasteiger partial charge in [-0.15, -0.1) is 0 Å². The molecule has 0 bridgehead atoms. The van der Waals surface area contributed by atoms with Crippen molar-refractivity contribution in [1.29, 1.82) is 0 Å². The van der Waals surface area contributed by atoms with Crippen molar-refractivity contribution in [2.75, 3.05) is 75.4 Å². The number of anilines is 2. The summed E-state index contributed by atoms with van der Waals surface area (Å²) in [6.07, 6.45) is 3.15. The minimum atomic E-state index is -0.420. The first-order valence-corrected chi connectivity index (χ1v) is 10.3. The van der Waals surface area contributed by atoms with Crippen LogP contribution in [0.25, 0.3) is 0 Å². The Balaban J connectivity index is 1.29. The van der Waals surface area contributed by atoms with Gasteiger partial charge in [-0.25, -0.2) is 9.97 Å². The van der Waals surface area contributed by atoms with Gasteiger partial charge in [-0.3, -0.25) is 19.5 Å². The highest BCUT2D eigenvalue weighted by molar-refractivity contribution is 5.93. The molecule has 0 saturated carbocycles. The van der Waals surface area contributed by atoms with Crippen LogP contribution in [-0.4, -0.2) is 91.3 Å². The zero-order valence-electron chi connectivity index (χ0n) is 16.9. The van der Waals surface area contributed by atoms with Crippen LogP contribution in [0.2, 0.25) is 0 Å². The number of aromatic amines is 1. The Morgan fingerprint density at radius 1 is 1.07 bits per heavy atom. The van der Waals surface area contributed by atoms with E-state index in [1.807, 2.05) is 23.1 Å². The molecule has 4 heterocycles. The van der Waals surface area contributed by atoms with Gasteiger partial charge in [-0.1, -0.05) is 6.07 Å². The smallest absolute Gasteiger partial charge is 0.265 e. The van der Waals surface area contributed by atoms with Crippen LogP contribution in [0.4, 0.5) is 11.8 Å². The number of nitrogens with zero attached hydrogens (tertiary/aromatic N) is 5. The molecule has 2 fully saturated rings. The standard InChI is InChI=1S/C20H27N7O3/c28-18(22-5-6-25-11-13-30-14-12-25)16-15-23-20(24-19(16)29)27-9-7-26(8-10-27)17-3-1-2-4-21-17/h1-4,15H,5-14H2,(H,22,28)(H,23,24,29). The number of morpholine rings is 1. The third-order valence-corrected chi connectivity index (χ3v) is 5.40. The number of carbonyl (C=O) groups excluding carboxylic acids is 1. The number of hydrogen-bond donors (Lipinski definition) is 2. The molecule has 2 aliphatic rings. The molecule has 0 aliphatic carbocycles. The number of nitrogens with one attached hydrogen (secondary N) is 2. The molecule has 10 heteroatoms. The Labute approximate surface area is 174 Å². The van der Waals surface area contributed by atoms with Crippen molar-refractivity contribution < 1.29 is 9.53 Å². The first-order valence-electron chi connectivity index (χ1n) is 10.3. The summed E-state index contributed by atoms with van der Waals surface area (Å²) in [5.41, 5.74) is -0.385. The number of carbonyl (C=O) groups is 1. The average Bonchev–Trinajstić information content (AvgIpc) is 2.80. The zero-order valence-corrected chi connectivity index (χ0v) is 16.9. The fraction of sp³-hybridized carbons (Fsp3) is 0.500. The largest absolute Gasteiger partial charge is 0.379 e. The summed E-state index contributed by atoms with van der Waals surface area (Å²) in [4.78, 5) is 42.7. The lowest BCUT2D eigenvalue weighted by atomic mass is 10.3. The minimum absolute atomic E-state index is 0.0350. The molecule has 2 aliphatic heterocycles. The minimum Gasteiger partial charge on any atom is -0.379 e. The molecule has 0 spiro atoms. The Hall–Kier alpha value is -2.98. The summed E-state index contributed by atoms with van der Waals surface area (Å²) >= 11 is 0. The van der Waals surface area contributed by atoms with E-state index in [4.69, 9.17) is 4.74 Å². The number of pyridine rings is 1. The lowest BCUT2D eigenvalue weighted by Crippen LogP contribution is -2.48. The van der Waals surface area contributed by atoms with Crippen LogP contribution < -0.4 is 20.7 Å². The second-order valence-corrected chi connectivity index (χ2v) is 7.32. The second-order valence-electron chi connectivity index (χ2n) is 7.32. The maximum atomic E-state index is 12.4. The van der Waals surface area contributed by atoms with Crippen molar-refractivity contribution in [1.82, 2.24) is 25.2 Å². The van der Waals surface area contributed by atoms with Gasteiger partial charge in [0.2, 0.25) is 5.95 Å². The highest BCUT2D eigenvalue weighted by atomic mass is 16.5. The number of rotatable bonds is 6. The number of ether oxygens (including phenoxy) is 1. The van der Waals surface area contributed by atoms with Gasteiger partial charge >= 0.3 is 0 Å². The predicted octanol–water partition coefficient (Wildman–Crippen LogP) is -0.446. The summed E-state index contributed by atoms with van der Waals surface area (Å²) in [5, 5.41) is 2.80. The normalized spacial score (nSPS) is 17.7.